The number of hydrogen-bond donors (Lipinski definition) is 1. The maximum atomic E-state index is 10.9. The zero-order chi connectivity index (χ0) is 11.7. The number of hydrogen-bond acceptors (Lipinski definition) is 3. The van der Waals surface area contributed by atoms with E-state index < -0.39 is 5.97 Å². The average molecular weight is 238 g/mol. The zero-order valence-electron chi connectivity index (χ0n) is 8.40. The van der Waals surface area contributed by atoms with Crippen LogP contribution in [-0.4, -0.2) is 16.2 Å². The van der Waals surface area contributed by atoms with Crippen LogP contribution in [-0.2, 0) is 0 Å². The minimum absolute atomic E-state index is 0.0104. The van der Waals surface area contributed by atoms with Gasteiger partial charge in [-0.3, -0.25) is 0 Å². The van der Waals surface area contributed by atoms with Crippen molar-refractivity contribution < 1.29 is 14.4 Å². The van der Waals surface area contributed by atoms with E-state index in [2.05, 4.69) is 5.16 Å². The van der Waals surface area contributed by atoms with Gasteiger partial charge in [-0.2, -0.15) is 0 Å². The summed E-state index contributed by atoms with van der Waals surface area (Å²) in [5.74, 6) is -0.897. The molecular weight excluding hydrogens is 230 g/mol. The van der Waals surface area contributed by atoms with Crippen LogP contribution in [0.4, 0.5) is 0 Å². The monoisotopic (exact) mass is 237 g/mol. The standard InChI is InChI=1S/C11H8ClNO3/c1-6-3-2-4-8(12)9(6)10-7(11(14)15)5-13-16-10/h2-5H,1H3,(H,14,15). The fourth-order valence-electron chi connectivity index (χ4n) is 1.49. The van der Waals surface area contributed by atoms with Crippen molar-refractivity contribution in [1.29, 1.82) is 0 Å². The Labute approximate surface area is 96.4 Å². The Balaban J connectivity index is 2.68. The summed E-state index contributed by atoms with van der Waals surface area (Å²) >= 11 is 6.02. The van der Waals surface area contributed by atoms with Crippen molar-refractivity contribution in [2.75, 3.05) is 0 Å². The molecule has 1 N–H and O–H groups in total. The number of halogens is 1. The minimum Gasteiger partial charge on any atom is -0.477 e. The Morgan fingerprint density at radius 1 is 1.50 bits per heavy atom. The molecule has 0 fully saturated rings. The van der Waals surface area contributed by atoms with E-state index in [0.29, 0.717) is 10.6 Å². The van der Waals surface area contributed by atoms with Gasteiger partial charge in [-0.15, -0.1) is 0 Å². The minimum atomic E-state index is -1.09. The summed E-state index contributed by atoms with van der Waals surface area (Å²) in [4.78, 5) is 10.9. The van der Waals surface area contributed by atoms with Crippen LogP contribution in [0.15, 0.2) is 28.9 Å². The fourth-order valence-corrected chi connectivity index (χ4v) is 1.80. The molecule has 0 aliphatic heterocycles. The molecule has 16 heavy (non-hydrogen) atoms. The second-order valence-electron chi connectivity index (χ2n) is 3.31. The van der Waals surface area contributed by atoms with Gasteiger partial charge in [0.25, 0.3) is 0 Å². The second-order valence-corrected chi connectivity index (χ2v) is 3.71. The largest absolute Gasteiger partial charge is 0.477 e. The summed E-state index contributed by atoms with van der Waals surface area (Å²) < 4.78 is 4.96. The highest BCUT2D eigenvalue weighted by atomic mass is 35.5. The topological polar surface area (TPSA) is 63.3 Å². The molecule has 4 nitrogen and oxygen atoms in total. The molecule has 5 heteroatoms. The van der Waals surface area contributed by atoms with Crippen molar-refractivity contribution in [3.8, 4) is 11.3 Å². The molecule has 0 spiro atoms. The van der Waals surface area contributed by atoms with E-state index in [0.717, 1.165) is 5.56 Å². The number of aryl methyl sites for hydroxylation is 1. The van der Waals surface area contributed by atoms with Gasteiger partial charge in [0.15, 0.2) is 5.76 Å². The van der Waals surface area contributed by atoms with Gasteiger partial charge in [-0.05, 0) is 18.6 Å². The van der Waals surface area contributed by atoms with Gasteiger partial charge >= 0.3 is 5.97 Å². The van der Waals surface area contributed by atoms with Crippen molar-refractivity contribution in [3.05, 3.63) is 40.5 Å². The highest BCUT2D eigenvalue weighted by Gasteiger charge is 2.20. The molecule has 82 valence electrons. The fraction of sp³-hybridized carbons (Fsp3) is 0.0909. The highest BCUT2D eigenvalue weighted by molar-refractivity contribution is 6.33. The van der Waals surface area contributed by atoms with Crippen LogP contribution >= 0.6 is 11.6 Å². The second kappa shape index (κ2) is 3.98. The third-order valence-corrected chi connectivity index (χ3v) is 2.56. The van der Waals surface area contributed by atoms with Crippen LogP contribution in [0, 0.1) is 6.92 Å². The molecule has 2 aromatic rings. The van der Waals surface area contributed by atoms with Crippen LogP contribution in [0.3, 0.4) is 0 Å². The first-order chi connectivity index (χ1) is 7.61. The molecule has 1 aromatic carbocycles. The van der Waals surface area contributed by atoms with Crippen LogP contribution < -0.4 is 0 Å². The lowest BCUT2D eigenvalue weighted by Crippen LogP contribution is -1.97. The third-order valence-electron chi connectivity index (χ3n) is 2.25. The van der Waals surface area contributed by atoms with Crippen molar-refractivity contribution in [3.63, 3.8) is 0 Å². The summed E-state index contributed by atoms with van der Waals surface area (Å²) in [7, 11) is 0. The first-order valence-corrected chi connectivity index (χ1v) is 4.92. The van der Waals surface area contributed by atoms with E-state index >= 15 is 0 Å². The Kier molecular flexibility index (Phi) is 2.66. The van der Waals surface area contributed by atoms with Crippen LogP contribution in [0.2, 0.25) is 5.02 Å². The third kappa shape index (κ3) is 1.67. The Bertz CT molecular complexity index is 528. The van der Waals surface area contributed by atoms with Gasteiger partial charge in [0.1, 0.15) is 5.56 Å². The number of aromatic nitrogens is 1. The highest BCUT2D eigenvalue weighted by Crippen LogP contribution is 2.33. The van der Waals surface area contributed by atoms with Crippen LogP contribution in [0.5, 0.6) is 0 Å². The van der Waals surface area contributed by atoms with Gasteiger partial charge in [0.2, 0.25) is 0 Å². The lowest BCUT2D eigenvalue weighted by atomic mass is 10.0. The Hall–Kier alpha value is -1.81. The van der Waals surface area contributed by atoms with Crippen molar-refractivity contribution in [2.24, 2.45) is 0 Å². The summed E-state index contributed by atoms with van der Waals surface area (Å²) in [6.07, 6.45) is 1.17. The number of aromatic carboxylic acids is 1. The molecule has 0 radical (unpaired) electrons. The molecule has 2 rings (SSSR count). The van der Waals surface area contributed by atoms with E-state index in [1.165, 1.54) is 6.20 Å². The maximum Gasteiger partial charge on any atom is 0.341 e. The molecule has 0 unspecified atom stereocenters. The smallest absolute Gasteiger partial charge is 0.341 e. The normalized spacial score (nSPS) is 10.4. The molecule has 0 aliphatic rings. The van der Waals surface area contributed by atoms with Crippen LogP contribution in [0.1, 0.15) is 15.9 Å². The molecule has 0 aliphatic carbocycles. The number of rotatable bonds is 2. The van der Waals surface area contributed by atoms with Crippen molar-refractivity contribution in [1.82, 2.24) is 5.16 Å². The molecule has 0 saturated carbocycles. The predicted octanol–water partition coefficient (Wildman–Crippen LogP) is 3.00. The molecule has 1 heterocycles. The summed E-state index contributed by atoms with van der Waals surface area (Å²) in [6, 6.07) is 5.30. The first kappa shape index (κ1) is 10.7. The number of carboxylic acid groups (broad SMARTS) is 1. The lowest BCUT2D eigenvalue weighted by molar-refractivity contribution is 0.0697. The summed E-state index contributed by atoms with van der Waals surface area (Å²) in [5.41, 5.74) is 1.42. The quantitative estimate of drug-likeness (QED) is 0.872. The van der Waals surface area contributed by atoms with E-state index in [1.54, 1.807) is 12.1 Å². The van der Waals surface area contributed by atoms with Gasteiger partial charge in [0.05, 0.1) is 11.2 Å². The van der Waals surface area contributed by atoms with E-state index in [1.807, 2.05) is 13.0 Å². The molecule has 1 aromatic heterocycles. The number of nitrogens with zero attached hydrogens (tertiary/aromatic N) is 1. The zero-order valence-corrected chi connectivity index (χ0v) is 9.15. The van der Waals surface area contributed by atoms with Gasteiger partial charge < -0.3 is 9.63 Å². The molecule has 0 saturated heterocycles. The van der Waals surface area contributed by atoms with Gasteiger partial charge in [0, 0.05) is 5.56 Å². The predicted molar refractivity (Wildman–Crippen MR) is 58.6 cm³/mol. The Morgan fingerprint density at radius 2 is 2.25 bits per heavy atom. The van der Waals surface area contributed by atoms with Gasteiger partial charge in [-0.25, -0.2) is 4.79 Å². The van der Waals surface area contributed by atoms with Gasteiger partial charge in [-0.1, -0.05) is 28.9 Å². The van der Waals surface area contributed by atoms with Crippen LogP contribution in [0.25, 0.3) is 11.3 Å². The lowest BCUT2D eigenvalue weighted by Gasteiger charge is -2.04. The SMILES string of the molecule is Cc1cccc(Cl)c1-c1oncc1C(=O)O. The van der Waals surface area contributed by atoms with Crippen molar-refractivity contribution >= 4 is 17.6 Å². The van der Waals surface area contributed by atoms with E-state index in [4.69, 9.17) is 21.2 Å². The average Bonchev–Trinajstić information content (AvgIpc) is 2.66. The molecule has 0 bridgehead atoms. The number of carbonyl (C=O) groups is 1. The summed E-state index contributed by atoms with van der Waals surface area (Å²) in [6.45, 7) is 1.83. The van der Waals surface area contributed by atoms with Crippen molar-refractivity contribution in [2.45, 2.75) is 6.92 Å². The summed E-state index contributed by atoms with van der Waals surface area (Å²) in [5, 5.41) is 12.9. The number of carboxylic acids is 1. The van der Waals surface area contributed by atoms with E-state index in [9.17, 15) is 4.79 Å². The molecule has 0 atom stereocenters. The number of benzene rings is 1. The maximum absolute atomic E-state index is 10.9. The van der Waals surface area contributed by atoms with E-state index in [-0.39, 0.29) is 11.3 Å². The first-order valence-electron chi connectivity index (χ1n) is 4.54. The molecular formula is C11H8ClNO3. The molecule has 0 amide bonds. The Morgan fingerprint density at radius 3 is 2.88 bits per heavy atom.